The Balaban J connectivity index is 1.83. The molecule has 0 aliphatic rings. The van der Waals surface area contributed by atoms with E-state index in [0.717, 1.165) is 11.1 Å². The van der Waals surface area contributed by atoms with Gasteiger partial charge in [-0.25, -0.2) is 0 Å². The number of benzene rings is 1. The highest BCUT2D eigenvalue weighted by molar-refractivity contribution is 5.80. The van der Waals surface area contributed by atoms with Gasteiger partial charge < -0.3 is 15.4 Å². The van der Waals surface area contributed by atoms with Gasteiger partial charge in [-0.2, -0.15) is 0 Å². The molecule has 1 aromatic heterocycles. The average molecular weight is 288 g/mol. The van der Waals surface area contributed by atoms with Gasteiger partial charge in [0.25, 0.3) is 0 Å². The third-order valence-corrected chi connectivity index (χ3v) is 4.19. The molecule has 4 nitrogen and oxygen atoms in total. The van der Waals surface area contributed by atoms with Crippen LogP contribution in [0.5, 0.6) is 0 Å². The van der Waals surface area contributed by atoms with Crippen LogP contribution < -0.4 is 5.32 Å². The molecule has 1 amide bonds. The number of aromatic amines is 1. The summed E-state index contributed by atoms with van der Waals surface area (Å²) in [5.74, 6) is -0.00973. The Morgan fingerprint density at radius 3 is 2.76 bits per heavy atom. The number of aliphatic hydroxyl groups is 1. The summed E-state index contributed by atoms with van der Waals surface area (Å²) in [5, 5.41) is 14.1. The first kappa shape index (κ1) is 15.6. The Morgan fingerprint density at radius 1 is 1.29 bits per heavy atom. The lowest BCUT2D eigenvalue weighted by atomic mass is 9.97. The van der Waals surface area contributed by atoms with Gasteiger partial charge in [0.05, 0.1) is 5.60 Å². The number of amides is 1. The maximum absolute atomic E-state index is 11.9. The molecule has 0 unspecified atom stereocenters. The summed E-state index contributed by atoms with van der Waals surface area (Å²) < 4.78 is 0. The number of H-pyrrole nitrogens is 1. The van der Waals surface area contributed by atoms with Crippen molar-refractivity contribution in [2.45, 2.75) is 45.1 Å². The second-order valence-corrected chi connectivity index (χ2v) is 5.61. The summed E-state index contributed by atoms with van der Waals surface area (Å²) >= 11 is 0. The van der Waals surface area contributed by atoms with Crippen molar-refractivity contribution < 1.29 is 9.90 Å². The summed E-state index contributed by atoms with van der Waals surface area (Å²) in [6.07, 6.45) is 4.36. The van der Waals surface area contributed by atoms with Crippen LogP contribution >= 0.6 is 0 Å². The molecule has 0 spiro atoms. The zero-order chi connectivity index (χ0) is 15.3. The molecule has 0 aliphatic carbocycles. The SMILES string of the molecule is CCC(O)(CC)CNC(=O)CCc1ccc2[nH]ccc2c1. The van der Waals surface area contributed by atoms with Crippen LogP contribution in [0.1, 0.15) is 38.7 Å². The highest BCUT2D eigenvalue weighted by Crippen LogP contribution is 2.16. The molecule has 114 valence electrons. The first-order chi connectivity index (χ1) is 10.1. The van der Waals surface area contributed by atoms with E-state index in [1.807, 2.05) is 38.2 Å². The van der Waals surface area contributed by atoms with Gasteiger partial charge in [-0.05, 0) is 48.4 Å². The average Bonchev–Trinajstić information content (AvgIpc) is 2.98. The number of carbonyl (C=O) groups excluding carboxylic acids is 1. The molecule has 0 atom stereocenters. The monoisotopic (exact) mass is 288 g/mol. The van der Waals surface area contributed by atoms with E-state index >= 15 is 0 Å². The van der Waals surface area contributed by atoms with Crippen molar-refractivity contribution in [3.8, 4) is 0 Å². The van der Waals surface area contributed by atoms with Crippen LogP contribution in [0.2, 0.25) is 0 Å². The summed E-state index contributed by atoms with van der Waals surface area (Å²) in [7, 11) is 0. The van der Waals surface area contributed by atoms with Gasteiger partial charge >= 0.3 is 0 Å². The van der Waals surface area contributed by atoms with E-state index in [9.17, 15) is 9.90 Å². The van der Waals surface area contributed by atoms with E-state index < -0.39 is 5.60 Å². The van der Waals surface area contributed by atoms with E-state index in [-0.39, 0.29) is 5.91 Å². The van der Waals surface area contributed by atoms with Gasteiger partial charge in [-0.1, -0.05) is 19.9 Å². The maximum Gasteiger partial charge on any atom is 0.220 e. The number of carbonyl (C=O) groups is 1. The summed E-state index contributed by atoms with van der Waals surface area (Å²) in [6, 6.07) is 8.21. The third-order valence-electron chi connectivity index (χ3n) is 4.19. The zero-order valence-electron chi connectivity index (χ0n) is 12.8. The molecule has 0 saturated heterocycles. The van der Waals surface area contributed by atoms with Gasteiger partial charge in [0.15, 0.2) is 0 Å². The van der Waals surface area contributed by atoms with Crippen LogP contribution in [0.25, 0.3) is 10.9 Å². The number of hydrogen-bond donors (Lipinski definition) is 3. The normalized spacial score (nSPS) is 11.8. The first-order valence-electron chi connectivity index (χ1n) is 7.61. The molecule has 0 fully saturated rings. The molecule has 4 heteroatoms. The van der Waals surface area contributed by atoms with Crippen molar-refractivity contribution in [1.29, 1.82) is 0 Å². The van der Waals surface area contributed by atoms with E-state index in [2.05, 4.69) is 16.4 Å². The lowest BCUT2D eigenvalue weighted by molar-refractivity contribution is -0.122. The minimum atomic E-state index is -0.778. The Kier molecular flexibility index (Phi) is 5.02. The van der Waals surface area contributed by atoms with Crippen LogP contribution in [0.4, 0.5) is 0 Å². The Hall–Kier alpha value is -1.81. The highest BCUT2D eigenvalue weighted by atomic mass is 16.3. The number of aryl methyl sites for hydroxylation is 1. The number of fused-ring (bicyclic) bond motifs is 1. The number of aromatic nitrogens is 1. The van der Waals surface area contributed by atoms with Gasteiger partial charge in [0.1, 0.15) is 0 Å². The third kappa shape index (κ3) is 4.08. The van der Waals surface area contributed by atoms with E-state index in [1.54, 1.807) is 0 Å². The molecule has 21 heavy (non-hydrogen) atoms. The molecule has 0 bridgehead atoms. The molecule has 0 saturated carbocycles. The number of nitrogens with one attached hydrogen (secondary N) is 2. The molecular formula is C17H24N2O2. The summed E-state index contributed by atoms with van der Waals surface area (Å²) in [5.41, 5.74) is 1.48. The minimum absolute atomic E-state index is 0.00973. The molecule has 1 heterocycles. The maximum atomic E-state index is 11.9. The van der Waals surface area contributed by atoms with Gasteiger partial charge in [-0.15, -0.1) is 0 Å². The lowest BCUT2D eigenvalue weighted by Gasteiger charge is -2.25. The minimum Gasteiger partial charge on any atom is -0.388 e. The molecular weight excluding hydrogens is 264 g/mol. The van der Waals surface area contributed by atoms with E-state index in [1.165, 1.54) is 5.39 Å². The molecule has 0 aliphatic heterocycles. The Labute approximate surface area is 125 Å². The van der Waals surface area contributed by atoms with Crippen LogP contribution in [0.15, 0.2) is 30.5 Å². The molecule has 0 radical (unpaired) electrons. The topological polar surface area (TPSA) is 65.1 Å². The predicted octanol–water partition coefficient (Wildman–Crippen LogP) is 2.77. The quantitative estimate of drug-likeness (QED) is 0.733. The van der Waals surface area contributed by atoms with Crippen molar-refractivity contribution in [3.05, 3.63) is 36.0 Å². The number of rotatable bonds is 7. The Morgan fingerprint density at radius 2 is 2.05 bits per heavy atom. The van der Waals surface area contributed by atoms with Crippen LogP contribution in [-0.2, 0) is 11.2 Å². The number of hydrogen-bond acceptors (Lipinski definition) is 2. The fraction of sp³-hybridized carbons (Fsp3) is 0.471. The fourth-order valence-corrected chi connectivity index (χ4v) is 2.37. The van der Waals surface area contributed by atoms with Crippen LogP contribution in [0, 0.1) is 0 Å². The standard InChI is InChI=1S/C17H24N2O2/c1-3-17(21,4-2)12-19-16(20)8-6-13-5-7-15-14(11-13)9-10-18-15/h5,7,9-11,18,21H,3-4,6,8,12H2,1-2H3,(H,19,20). The zero-order valence-corrected chi connectivity index (χ0v) is 12.8. The van der Waals surface area contributed by atoms with Gasteiger partial charge in [0.2, 0.25) is 5.91 Å². The lowest BCUT2D eigenvalue weighted by Crippen LogP contribution is -2.42. The van der Waals surface area contributed by atoms with Crippen molar-refractivity contribution in [2.75, 3.05) is 6.54 Å². The summed E-state index contributed by atoms with van der Waals surface area (Å²) in [4.78, 5) is 15.0. The van der Waals surface area contributed by atoms with Crippen molar-refractivity contribution in [1.82, 2.24) is 10.3 Å². The molecule has 2 aromatic rings. The predicted molar refractivity (Wildman–Crippen MR) is 85.2 cm³/mol. The summed E-state index contributed by atoms with van der Waals surface area (Å²) in [6.45, 7) is 4.19. The fourth-order valence-electron chi connectivity index (χ4n) is 2.37. The van der Waals surface area contributed by atoms with Crippen molar-refractivity contribution in [3.63, 3.8) is 0 Å². The highest BCUT2D eigenvalue weighted by Gasteiger charge is 2.22. The second kappa shape index (κ2) is 6.76. The first-order valence-corrected chi connectivity index (χ1v) is 7.61. The second-order valence-electron chi connectivity index (χ2n) is 5.61. The van der Waals surface area contributed by atoms with Crippen LogP contribution in [-0.4, -0.2) is 28.1 Å². The van der Waals surface area contributed by atoms with E-state index in [4.69, 9.17) is 0 Å². The molecule has 3 N–H and O–H groups in total. The van der Waals surface area contributed by atoms with Crippen molar-refractivity contribution >= 4 is 16.8 Å². The van der Waals surface area contributed by atoms with Crippen LogP contribution in [0.3, 0.4) is 0 Å². The Bertz CT molecular complexity index is 600. The largest absolute Gasteiger partial charge is 0.388 e. The van der Waals surface area contributed by atoms with Gasteiger partial charge in [-0.3, -0.25) is 4.79 Å². The van der Waals surface area contributed by atoms with Gasteiger partial charge in [0, 0.05) is 24.7 Å². The van der Waals surface area contributed by atoms with Crippen molar-refractivity contribution in [2.24, 2.45) is 0 Å². The van der Waals surface area contributed by atoms with E-state index in [0.29, 0.717) is 32.2 Å². The molecule has 2 rings (SSSR count). The smallest absolute Gasteiger partial charge is 0.220 e. The molecule has 1 aromatic carbocycles.